The Kier molecular flexibility index (Phi) is 11.6. The predicted molar refractivity (Wildman–Crippen MR) is 164 cm³/mol. The Hall–Kier alpha value is -3.46. The molecule has 1 saturated carbocycles. The van der Waals surface area contributed by atoms with E-state index in [1.807, 2.05) is 4.72 Å². The van der Waals surface area contributed by atoms with Crippen LogP contribution in [-0.4, -0.2) is 61.1 Å². The van der Waals surface area contributed by atoms with Crippen LogP contribution in [0.15, 0.2) is 59.8 Å². The lowest BCUT2D eigenvalue weighted by Gasteiger charge is -2.32. The van der Waals surface area contributed by atoms with Crippen LogP contribution in [0.3, 0.4) is 0 Å². The van der Waals surface area contributed by atoms with Gasteiger partial charge in [-0.15, -0.1) is 24.8 Å². The quantitative estimate of drug-likeness (QED) is 0.193. The molecule has 0 radical (unpaired) electrons. The zero-order chi connectivity index (χ0) is 30.0. The first kappa shape index (κ1) is 35.0. The van der Waals surface area contributed by atoms with Gasteiger partial charge in [-0.25, -0.2) is 32.2 Å². The van der Waals surface area contributed by atoms with Crippen molar-refractivity contribution in [1.29, 1.82) is 0 Å². The molecule has 1 aliphatic carbocycles. The van der Waals surface area contributed by atoms with Crippen molar-refractivity contribution < 1.29 is 30.7 Å². The van der Waals surface area contributed by atoms with Gasteiger partial charge >= 0.3 is 6.61 Å². The van der Waals surface area contributed by atoms with Gasteiger partial charge in [0.2, 0.25) is 11.8 Å². The smallest absolute Gasteiger partial charge is 0.388 e. The molecule has 9 nitrogen and oxygen atoms in total. The Morgan fingerprint density at radius 2 is 1.73 bits per heavy atom. The fourth-order valence-electron chi connectivity index (χ4n) is 5.03. The van der Waals surface area contributed by atoms with Gasteiger partial charge in [0.05, 0.1) is 16.8 Å². The van der Waals surface area contributed by atoms with Crippen molar-refractivity contribution in [1.82, 2.24) is 19.9 Å². The monoisotopic (exact) mass is 676 g/mol. The van der Waals surface area contributed by atoms with E-state index in [-0.39, 0.29) is 36.4 Å². The van der Waals surface area contributed by atoms with Crippen molar-refractivity contribution in [2.24, 2.45) is 0 Å². The maximum Gasteiger partial charge on any atom is 0.388 e. The molecule has 238 valence electrons. The summed E-state index contributed by atoms with van der Waals surface area (Å²) in [5.74, 6) is -2.55. The summed E-state index contributed by atoms with van der Waals surface area (Å²) in [7, 11) is -0.483. The summed E-state index contributed by atoms with van der Waals surface area (Å²) >= 11 is 0. The molecule has 2 heterocycles. The number of nitrogens with zero attached hydrogens (tertiary/aromatic N) is 4. The van der Waals surface area contributed by atoms with E-state index in [2.05, 4.69) is 44.0 Å². The van der Waals surface area contributed by atoms with E-state index in [1.54, 1.807) is 12.3 Å². The number of sulfonamides is 1. The van der Waals surface area contributed by atoms with Crippen LogP contribution in [-0.2, 0) is 10.0 Å². The molecule has 1 fully saturated rings. The highest BCUT2D eigenvalue weighted by atomic mass is 35.5. The average Bonchev–Trinajstić information content (AvgIpc) is 2.95. The fraction of sp³-hybridized carbons (Fsp3) is 0.321. The molecule has 1 aliphatic rings. The molecule has 2 N–H and O–H groups in total. The van der Waals surface area contributed by atoms with E-state index in [1.165, 1.54) is 18.2 Å². The first-order valence-corrected chi connectivity index (χ1v) is 14.6. The zero-order valence-electron chi connectivity index (χ0n) is 23.5. The van der Waals surface area contributed by atoms with Crippen LogP contribution in [0.2, 0.25) is 0 Å². The second-order valence-electron chi connectivity index (χ2n) is 10.2. The van der Waals surface area contributed by atoms with Crippen LogP contribution < -0.4 is 14.8 Å². The topological polar surface area (TPSA) is 109 Å². The molecule has 2 aromatic carbocycles. The number of pyridine rings is 1. The lowest BCUT2D eigenvalue weighted by molar-refractivity contribution is -0.0548. The Morgan fingerprint density at radius 1 is 1.00 bits per heavy atom. The second-order valence-corrected chi connectivity index (χ2v) is 11.8. The number of aromatic nitrogens is 3. The third-order valence-electron chi connectivity index (χ3n) is 7.19. The maximum atomic E-state index is 15.6. The first-order valence-electron chi connectivity index (χ1n) is 13.1. The van der Waals surface area contributed by atoms with E-state index in [0.29, 0.717) is 22.9 Å². The number of halogens is 6. The molecule has 0 atom stereocenters. The van der Waals surface area contributed by atoms with Gasteiger partial charge in [-0.3, -0.25) is 4.72 Å². The van der Waals surface area contributed by atoms with Crippen LogP contribution >= 0.6 is 24.8 Å². The molecule has 0 bridgehead atoms. The van der Waals surface area contributed by atoms with E-state index >= 15 is 4.39 Å². The van der Waals surface area contributed by atoms with Gasteiger partial charge in [0, 0.05) is 29.9 Å². The summed E-state index contributed by atoms with van der Waals surface area (Å²) in [6, 6.07) is 9.31. The molecule has 0 unspecified atom stereocenters. The van der Waals surface area contributed by atoms with Crippen molar-refractivity contribution in [3.05, 3.63) is 66.5 Å². The van der Waals surface area contributed by atoms with Crippen molar-refractivity contribution in [3.63, 3.8) is 0 Å². The summed E-state index contributed by atoms with van der Waals surface area (Å²) in [4.78, 5) is 13.9. The van der Waals surface area contributed by atoms with Gasteiger partial charge in [0.25, 0.3) is 10.0 Å². The van der Waals surface area contributed by atoms with Crippen LogP contribution in [0.25, 0.3) is 22.0 Å². The molecular formula is C28H30Cl2F4N6O3S. The number of alkyl halides is 2. The van der Waals surface area contributed by atoms with Crippen LogP contribution in [0.4, 0.5) is 29.2 Å². The van der Waals surface area contributed by atoms with Crippen molar-refractivity contribution in [3.8, 4) is 17.0 Å². The summed E-state index contributed by atoms with van der Waals surface area (Å²) in [5, 5.41) is 3.89. The molecule has 0 saturated heterocycles. The molecular weight excluding hydrogens is 647 g/mol. The number of fused-ring (bicyclic) bond motifs is 1. The molecule has 4 aromatic rings. The summed E-state index contributed by atoms with van der Waals surface area (Å²) in [5.41, 5.74) is -0.419. The lowest BCUT2D eigenvalue weighted by Crippen LogP contribution is -2.36. The molecule has 44 heavy (non-hydrogen) atoms. The minimum Gasteiger partial charge on any atom is -0.415 e. The first-order chi connectivity index (χ1) is 20.0. The largest absolute Gasteiger partial charge is 0.415 e. The third kappa shape index (κ3) is 7.78. The SMILES string of the molecule is CN(C)C1CCC(Nc2ncc3cc(-c4c(F)ccc(NS(=O)(=O)c5cccnc5OC(F)F)c4F)ccc3n2)CC1.Cl.Cl. The van der Waals surface area contributed by atoms with E-state index in [9.17, 15) is 21.6 Å². The standard InChI is InChI=1S/C28H28F4N6O3S.2ClH/c1-38(2)19-8-6-18(7-9-19)35-28-34-15-17-14-16(5-11-21(17)36-28)24-20(29)10-12-22(25(24)30)37-42(39,40)23-4-3-13-33-26(23)41-27(31)32;;/h3-5,10-15,18-19,27,37H,6-9H2,1-2H3,(H,34,35,36);2*1H. The molecule has 5 rings (SSSR count). The highest BCUT2D eigenvalue weighted by Gasteiger charge is 2.26. The van der Waals surface area contributed by atoms with Gasteiger partial charge in [0.15, 0.2) is 5.82 Å². The number of ether oxygens (including phenoxy) is 1. The van der Waals surface area contributed by atoms with Gasteiger partial charge in [-0.05, 0) is 81.7 Å². The Bertz CT molecular complexity index is 1710. The zero-order valence-corrected chi connectivity index (χ0v) is 26.0. The third-order valence-corrected chi connectivity index (χ3v) is 8.57. The van der Waals surface area contributed by atoms with Crippen molar-refractivity contribution >= 4 is 57.4 Å². The van der Waals surface area contributed by atoms with Gasteiger partial charge in [-0.2, -0.15) is 8.78 Å². The van der Waals surface area contributed by atoms with Gasteiger partial charge in [0.1, 0.15) is 10.7 Å². The lowest BCUT2D eigenvalue weighted by atomic mass is 9.91. The summed E-state index contributed by atoms with van der Waals surface area (Å²) in [6.45, 7) is -3.34. The number of hydrogen-bond donors (Lipinski definition) is 2. The highest BCUT2D eigenvalue weighted by molar-refractivity contribution is 7.92. The Labute approximate surface area is 264 Å². The second kappa shape index (κ2) is 14.5. The number of nitrogens with one attached hydrogen (secondary N) is 2. The van der Waals surface area contributed by atoms with Crippen LogP contribution in [0, 0.1) is 11.6 Å². The number of anilines is 2. The Morgan fingerprint density at radius 3 is 2.41 bits per heavy atom. The number of benzene rings is 2. The normalized spacial score (nSPS) is 16.7. The molecule has 0 spiro atoms. The van der Waals surface area contributed by atoms with E-state index in [4.69, 9.17) is 0 Å². The van der Waals surface area contributed by atoms with Crippen molar-refractivity contribution in [2.45, 2.75) is 49.3 Å². The fourth-order valence-corrected chi connectivity index (χ4v) is 6.17. The summed E-state index contributed by atoms with van der Waals surface area (Å²) < 4.78 is 88.0. The van der Waals surface area contributed by atoms with Crippen LogP contribution in [0.1, 0.15) is 25.7 Å². The average molecular weight is 678 g/mol. The van der Waals surface area contributed by atoms with Crippen LogP contribution in [0.5, 0.6) is 5.88 Å². The molecule has 0 amide bonds. The van der Waals surface area contributed by atoms with E-state index in [0.717, 1.165) is 50.1 Å². The molecule has 2 aromatic heterocycles. The predicted octanol–water partition coefficient (Wildman–Crippen LogP) is 6.50. The summed E-state index contributed by atoms with van der Waals surface area (Å²) in [6.07, 6.45) is 6.73. The molecule has 16 heteroatoms. The van der Waals surface area contributed by atoms with Gasteiger partial charge in [-0.1, -0.05) is 6.07 Å². The Balaban J connectivity index is 0.00000264. The van der Waals surface area contributed by atoms with Gasteiger partial charge < -0.3 is 15.0 Å². The highest BCUT2D eigenvalue weighted by Crippen LogP contribution is 2.34. The van der Waals surface area contributed by atoms with E-state index < -0.39 is 50.3 Å². The molecule has 0 aliphatic heterocycles. The number of rotatable bonds is 9. The van der Waals surface area contributed by atoms with Crippen molar-refractivity contribution in [2.75, 3.05) is 24.1 Å². The minimum atomic E-state index is -4.65. The minimum absolute atomic E-state index is 0. The number of hydrogen-bond acceptors (Lipinski definition) is 8. The maximum absolute atomic E-state index is 15.6.